The Morgan fingerprint density at radius 1 is 1.15 bits per heavy atom. The number of hydrogen-bond acceptors (Lipinski definition) is 5. The van der Waals surface area contributed by atoms with Crippen LogP contribution in [0.25, 0.3) is 17.1 Å². The van der Waals surface area contributed by atoms with E-state index in [-0.39, 0.29) is 6.04 Å². The maximum absolute atomic E-state index is 6.07. The van der Waals surface area contributed by atoms with Crippen LogP contribution in [0.3, 0.4) is 0 Å². The number of nitrogens with zero attached hydrogens (tertiary/aromatic N) is 5. The summed E-state index contributed by atoms with van der Waals surface area (Å²) in [5.41, 5.74) is 2.67. The number of pyridine rings is 1. The number of likely N-dealkylation sites (tertiary alicyclic amines) is 1. The van der Waals surface area contributed by atoms with Gasteiger partial charge in [0.25, 0.3) is 0 Å². The maximum Gasteiger partial charge on any atom is 0.226 e. The van der Waals surface area contributed by atoms with Crippen molar-refractivity contribution in [3.8, 4) is 11.5 Å². The summed E-state index contributed by atoms with van der Waals surface area (Å²) in [7, 11) is 0. The summed E-state index contributed by atoms with van der Waals surface area (Å²) in [6.45, 7) is 1.72. The molecule has 1 aromatic carbocycles. The van der Waals surface area contributed by atoms with Crippen LogP contribution >= 0.6 is 11.6 Å². The zero-order chi connectivity index (χ0) is 18.2. The topological polar surface area (TPSA) is 59.5 Å². The first kappa shape index (κ1) is 16.5. The summed E-state index contributed by atoms with van der Waals surface area (Å²) in [6, 6.07) is 13.7. The number of oxazole rings is 1. The summed E-state index contributed by atoms with van der Waals surface area (Å²) in [5.74, 6) is 1.58. The fourth-order valence-electron chi connectivity index (χ4n) is 3.74. The molecule has 27 heavy (non-hydrogen) atoms. The minimum absolute atomic E-state index is 0.230. The Bertz CT molecular complexity index is 1090. The van der Waals surface area contributed by atoms with Crippen LogP contribution in [0.5, 0.6) is 0 Å². The van der Waals surface area contributed by atoms with Gasteiger partial charge in [-0.15, -0.1) is 10.2 Å². The fraction of sp³-hybridized carbons (Fsp3) is 0.250. The van der Waals surface area contributed by atoms with E-state index in [9.17, 15) is 0 Å². The van der Waals surface area contributed by atoms with Gasteiger partial charge in [0, 0.05) is 23.3 Å². The molecule has 1 saturated heterocycles. The van der Waals surface area contributed by atoms with Gasteiger partial charge < -0.3 is 4.42 Å². The number of benzene rings is 1. The van der Waals surface area contributed by atoms with Crippen LogP contribution in [0, 0.1) is 0 Å². The smallest absolute Gasteiger partial charge is 0.226 e. The highest BCUT2D eigenvalue weighted by Crippen LogP contribution is 2.32. The van der Waals surface area contributed by atoms with E-state index in [0.29, 0.717) is 10.9 Å². The highest BCUT2D eigenvalue weighted by molar-refractivity contribution is 6.30. The van der Waals surface area contributed by atoms with Gasteiger partial charge in [-0.25, -0.2) is 4.98 Å². The lowest BCUT2D eigenvalue weighted by Gasteiger charge is -2.21. The van der Waals surface area contributed by atoms with Gasteiger partial charge in [0.15, 0.2) is 11.5 Å². The number of fused-ring (bicyclic) bond motifs is 1. The standard InChI is InChI=1S/C20H18ClN5O/c21-15-6-3-5-14(11-15)20-22-16(13-27-20)12-25-9-4-7-17(25)19-24-23-18-8-1-2-10-26(18)19/h1-3,5-6,8,10-11,13,17H,4,7,9,12H2/t17-/m0/s1. The molecular formula is C20H18ClN5O. The Labute approximate surface area is 161 Å². The molecule has 5 rings (SSSR count). The molecule has 0 amide bonds. The number of rotatable bonds is 4. The number of hydrogen-bond donors (Lipinski definition) is 0. The largest absolute Gasteiger partial charge is 0.444 e. The molecule has 4 aromatic rings. The Kier molecular flexibility index (Phi) is 4.14. The Morgan fingerprint density at radius 2 is 2.11 bits per heavy atom. The van der Waals surface area contributed by atoms with Crippen molar-refractivity contribution in [2.75, 3.05) is 6.54 Å². The molecule has 1 aliphatic rings. The van der Waals surface area contributed by atoms with Crippen molar-refractivity contribution in [1.29, 1.82) is 0 Å². The predicted octanol–water partition coefficient (Wildman–Crippen LogP) is 4.37. The van der Waals surface area contributed by atoms with E-state index in [4.69, 9.17) is 16.0 Å². The van der Waals surface area contributed by atoms with Gasteiger partial charge >= 0.3 is 0 Å². The second kappa shape index (κ2) is 6.79. The third kappa shape index (κ3) is 3.11. The van der Waals surface area contributed by atoms with Gasteiger partial charge in [-0.2, -0.15) is 0 Å². The second-order valence-corrected chi connectivity index (χ2v) is 7.21. The van der Waals surface area contributed by atoms with E-state index in [1.54, 1.807) is 6.26 Å². The number of aromatic nitrogens is 4. The van der Waals surface area contributed by atoms with E-state index in [0.717, 1.165) is 48.7 Å². The lowest BCUT2D eigenvalue weighted by molar-refractivity contribution is 0.236. The van der Waals surface area contributed by atoms with E-state index < -0.39 is 0 Å². The molecule has 0 bridgehead atoms. The van der Waals surface area contributed by atoms with E-state index in [1.807, 2.05) is 48.7 Å². The molecule has 6 nitrogen and oxygen atoms in total. The molecule has 1 aliphatic heterocycles. The average Bonchev–Trinajstić information content (AvgIpc) is 3.41. The molecule has 0 spiro atoms. The van der Waals surface area contributed by atoms with Crippen LogP contribution in [0.1, 0.15) is 30.4 Å². The highest BCUT2D eigenvalue weighted by atomic mass is 35.5. The summed E-state index contributed by atoms with van der Waals surface area (Å²) < 4.78 is 7.76. The lowest BCUT2D eigenvalue weighted by atomic mass is 10.2. The van der Waals surface area contributed by atoms with E-state index in [2.05, 4.69) is 24.5 Å². The summed E-state index contributed by atoms with van der Waals surface area (Å²) >= 11 is 6.07. The van der Waals surface area contributed by atoms with Gasteiger partial charge in [0.05, 0.1) is 11.7 Å². The quantitative estimate of drug-likeness (QED) is 0.526. The van der Waals surface area contributed by atoms with Crippen molar-refractivity contribution in [1.82, 2.24) is 24.5 Å². The summed E-state index contributed by atoms with van der Waals surface area (Å²) in [6.07, 6.45) is 5.95. The third-order valence-corrected chi connectivity index (χ3v) is 5.23. The SMILES string of the molecule is Clc1cccc(-c2nc(CN3CCC[C@H]3c3nnc4ccccn34)co2)c1. The van der Waals surface area contributed by atoms with Crippen LogP contribution in [-0.2, 0) is 6.54 Å². The van der Waals surface area contributed by atoms with Crippen molar-refractivity contribution >= 4 is 17.2 Å². The van der Waals surface area contributed by atoms with Crippen LogP contribution in [0.4, 0.5) is 0 Å². The van der Waals surface area contributed by atoms with Gasteiger partial charge in [0.1, 0.15) is 6.26 Å². The van der Waals surface area contributed by atoms with Gasteiger partial charge in [-0.1, -0.05) is 23.7 Å². The molecule has 0 unspecified atom stereocenters. The molecule has 0 aliphatic carbocycles. The molecule has 0 saturated carbocycles. The molecule has 3 aromatic heterocycles. The monoisotopic (exact) mass is 379 g/mol. The first-order valence-corrected chi connectivity index (χ1v) is 9.40. The molecule has 136 valence electrons. The first-order valence-electron chi connectivity index (χ1n) is 9.02. The highest BCUT2D eigenvalue weighted by Gasteiger charge is 2.30. The fourth-order valence-corrected chi connectivity index (χ4v) is 3.93. The normalized spacial score (nSPS) is 17.7. The Balaban J connectivity index is 1.39. The van der Waals surface area contributed by atoms with Crippen molar-refractivity contribution in [2.45, 2.75) is 25.4 Å². The van der Waals surface area contributed by atoms with Crippen LogP contribution in [-0.4, -0.2) is 31.0 Å². The average molecular weight is 380 g/mol. The predicted molar refractivity (Wildman–Crippen MR) is 102 cm³/mol. The zero-order valence-corrected chi connectivity index (χ0v) is 15.4. The van der Waals surface area contributed by atoms with E-state index >= 15 is 0 Å². The maximum atomic E-state index is 6.07. The van der Waals surface area contributed by atoms with Gasteiger partial charge in [-0.3, -0.25) is 9.30 Å². The zero-order valence-electron chi connectivity index (χ0n) is 14.6. The van der Waals surface area contributed by atoms with Crippen molar-refractivity contribution < 1.29 is 4.42 Å². The third-order valence-electron chi connectivity index (χ3n) is 4.99. The van der Waals surface area contributed by atoms with Crippen molar-refractivity contribution in [2.24, 2.45) is 0 Å². The summed E-state index contributed by atoms with van der Waals surface area (Å²) in [4.78, 5) is 7.05. The second-order valence-electron chi connectivity index (χ2n) is 6.77. The molecule has 0 N–H and O–H groups in total. The molecular weight excluding hydrogens is 362 g/mol. The van der Waals surface area contributed by atoms with Gasteiger partial charge in [-0.05, 0) is 49.7 Å². The lowest BCUT2D eigenvalue weighted by Crippen LogP contribution is -2.24. The minimum Gasteiger partial charge on any atom is -0.444 e. The van der Waals surface area contributed by atoms with E-state index in [1.165, 1.54) is 0 Å². The van der Waals surface area contributed by atoms with Crippen molar-refractivity contribution in [3.05, 3.63) is 71.5 Å². The molecule has 1 fully saturated rings. The van der Waals surface area contributed by atoms with Crippen molar-refractivity contribution in [3.63, 3.8) is 0 Å². The summed E-state index contributed by atoms with van der Waals surface area (Å²) in [5, 5.41) is 9.41. The van der Waals surface area contributed by atoms with Crippen LogP contribution < -0.4 is 0 Å². The molecule has 4 heterocycles. The Hall–Kier alpha value is -2.70. The van der Waals surface area contributed by atoms with Gasteiger partial charge in [0.2, 0.25) is 5.89 Å². The molecule has 7 heteroatoms. The Morgan fingerprint density at radius 3 is 3.04 bits per heavy atom. The van der Waals surface area contributed by atoms with Crippen LogP contribution in [0.15, 0.2) is 59.3 Å². The minimum atomic E-state index is 0.230. The van der Waals surface area contributed by atoms with Crippen LogP contribution in [0.2, 0.25) is 5.02 Å². The molecule has 0 radical (unpaired) electrons. The number of halogens is 1. The molecule has 1 atom stereocenters. The first-order chi connectivity index (χ1) is 13.3.